The Bertz CT molecular complexity index is 715. The zero-order valence-electron chi connectivity index (χ0n) is 17.2. The maximum atomic E-state index is 13.7. The molecule has 1 fully saturated rings. The Kier molecular flexibility index (Phi) is 8.48. The van der Waals surface area contributed by atoms with Gasteiger partial charge in [-0.05, 0) is 30.7 Å². The van der Waals surface area contributed by atoms with E-state index in [2.05, 4.69) is 19.2 Å². The summed E-state index contributed by atoms with van der Waals surface area (Å²) in [5.74, 6) is -0.358. The van der Waals surface area contributed by atoms with Crippen LogP contribution >= 0.6 is 0 Å². The highest BCUT2D eigenvalue weighted by atomic mass is 19.3. The normalized spacial score (nSPS) is 16.0. The van der Waals surface area contributed by atoms with E-state index in [1.54, 1.807) is 0 Å². The van der Waals surface area contributed by atoms with Gasteiger partial charge in [0.15, 0.2) is 0 Å². The maximum Gasteiger partial charge on any atom is 0.265 e. The van der Waals surface area contributed by atoms with Gasteiger partial charge in [-0.15, -0.1) is 0 Å². The predicted octanol–water partition coefficient (Wildman–Crippen LogP) is 2.23. The van der Waals surface area contributed by atoms with Crippen LogP contribution in [0.3, 0.4) is 0 Å². The first-order valence-electron chi connectivity index (χ1n) is 9.83. The first-order chi connectivity index (χ1) is 13.8. The van der Waals surface area contributed by atoms with E-state index in [1.807, 2.05) is 11.8 Å². The molecule has 7 nitrogen and oxygen atoms in total. The molecule has 0 spiro atoms. The number of carbonyl (C=O) groups is 2. The summed E-state index contributed by atoms with van der Waals surface area (Å²) in [6.45, 7) is 7.87. The molecule has 0 bridgehead atoms. The molecule has 1 atom stereocenters. The average molecular weight is 412 g/mol. The van der Waals surface area contributed by atoms with Gasteiger partial charge in [-0.1, -0.05) is 20.8 Å². The topological polar surface area (TPSA) is 87.9 Å². The number of amides is 2. The van der Waals surface area contributed by atoms with Crippen LogP contribution in [0.1, 0.15) is 32.8 Å². The number of nitrogens with one attached hydrogen (secondary N) is 1. The van der Waals surface area contributed by atoms with Crippen molar-refractivity contribution in [3.63, 3.8) is 0 Å². The van der Waals surface area contributed by atoms with Crippen LogP contribution in [0, 0.1) is 5.92 Å². The number of likely N-dealkylation sites (N-methyl/N-ethyl adjacent to an activating group) is 1. The number of nitrogens with zero attached hydrogens (tertiary/aromatic N) is 2. The molecule has 0 saturated carbocycles. The number of hydrogen-bond donors (Lipinski definition) is 2. The molecule has 1 aliphatic rings. The van der Waals surface area contributed by atoms with Crippen LogP contribution in [0.4, 0.5) is 20.2 Å². The monoisotopic (exact) mass is 412 g/mol. The highest BCUT2D eigenvalue weighted by molar-refractivity contribution is 5.97. The standard InChI is InChI=1S/C20H30F2N4O3/c1-4-25(11-13(2)3)17(10-23)20(28)24-14-5-6-16(15(9-14)19(21)22)26-7-8-29-12-18(26)27/h5-6,9,13,17,19H,4,7-8,10-12,23H2,1-3H3,(H,24,28)/t17-/m0/s1. The molecular formula is C20H30F2N4O3. The third kappa shape index (κ3) is 5.94. The van der Waals surface area contributed by atoms with Gasteiger partial charge in [0.25, 0.3) is 12.3 Å². The molecule has 0 unspecified atom stereocenters. The second-order valence-corrected chi connectivity index (χ2v) is 7.39. The number of anilines is 2. The number of halogens is 2. The zero-order chi connectivity index (χ0) is 21.6. The van der Waals surface area contributed by atoms with Crippen LogP contribution in [-0.4, -0.2) is 62.1 Å². The number of alkyl halides is 2. The largest absolute Gasteiger partial charge is 0.370 e. The first kappa shape index (κ1) is 23.2. The van der Waals surface area contributed by atoms with Crippen molar-refractivity contribution in [2.24, 2.45) is 11.7 Å². The number of carbonyl (C=O) groups excluding carboxylic acids is 2. The van der Waals surface area contributed by atoms with Crippen molar-refractivity contribution in [3.8, 4) is 0 Å². The summed E-state index contributed by atoms with van der Waals surface area (Å²) in [7, 11) is 0. The van der Waals surface area contributed by atoms with Crippen LogP contribution in [0.25, 0.3) is 0 Å². The van der Waals surface area contributed by atoms with Gasteiger partial charge in [0.1, 0.15) is 12.6 Å². The fourth-order valence-corrected chi connectivity index (χ4v) is 3.42. The molecule has 2 rings (SSSR count). The summed E-state index contributed by atoms with van der Waals surface area (Å²) in [6.07, 6.45) is -2.80. The molecule has 1 saturated heterocycles. The van der Waals surface area contributed by atoms with Gasteiger partial charge in [0.2, 0.25) is 5.91 Å². The second kappa shape index (κ2) is 10.6. The molecule has 1 aliphatic heterocycles. The van der Waals surface area contributed by atoms with E-state index in [-0.39, 0.29) is 55.1 Å². The van der Waals surface area contributed by atoms with Gasteiger partial charge in [0.05, 0.1) is 12.3 Å². The SMILES string of the molecule is CCN(CC(C)C)[C@@H](CN)C(=O)Nc1ccc(N2CCOCC2=O)c(C(F)F)c1. The minimum absolute atomic E-state index is 0.120. The molecule has 0 aromatic heterocycles. The van der Waals surface area contributed by atoms with Crippen LogP contribution < -0.4 is 16.0 Å². The van der Waals surface area contributed by atoms with Crippen molar-refractivity contribution < 1.29 is 23.1 Å². The highest BCUT2D eigenvalue weighted by Crippen LogP contribution is 2.33. The predicted molar refractivity (Wildman–Crippen MR) is 108 cm³/mol. The molecule has 1 heterocycles. The van der Waals surface area contributed by atoms with E-state index in [9.17, 15) is 18.4 Å². The summed E-state index contributed by atoms with van der Waals surface area (Å²) >= 11 is 0. The molecule has 1 aromatic rings. The Morgan fingerprint density at radius 3 is 2.66 bits per heavy atom. The molecule has 1 aromatic carbocycles. The van der Waals surface area contributed by atoms with Crippen molar-refractivity contribution in [3.05, 3.63) is 23.8 Å². The minimum Gasteiger partial charge on any atom is -0.370 e. The van der Waals surface area contributed by atoms with E-state index < -0.39 is 12.5 Å². The summed E-state index contributed by atoms with van der Waals surface area (Å²) in [6, 6.07) is 3.61. The fraction of sp³-hybridized carbons (Fsp3) is 0.600. The Morgan fingerprint density at radius 1 is 1.38 bits per heavy atom. The van der Waals surface area contributed by atoms with Gasteiger partial charge in [-0.25, -0.2) is 8.78 Å². The molecule has 162 valence electrons. The van der Waals surface area contributed by atoms with Crippen molar-refractivity contribution in [1.82, 2.24) is 4.90 Å². The van der Waals surface area contributed by atoms with Crippen molar-refractivity contribution in [1.29, 1.82) is 0 Å². The molecule has 3 N–H and O–H groups in total. The maximum absolute atomic E-state index is 13.7. The third-order valence-electron chi connectivity index (χ3n) is 4.78. The van der Waals surface area contributed by atoms with Crippen LogP contribution in [0.5, 0.6) is 0 Å². The summed E-state index contributed by atoms with van der Waals surface area (Å²) in [5, 5.41) is 2.70. The highest BCUT2D eigenvalue weighted by Gasteiger charge is 2.27. The lowest BCUT2D eigenvalue weighted by Gasteiger charge is -2.31. The smallest absolute Gasteiger partial charge is 0.265 e. The number of benzene rings is 1. The van der Waals surface area contributed by atoms with E-state index in [0.29, 0.717) is 19.0 Å². The van der Waals surface area contributed by atoms with Crippen molar-refractivity contribution in [2.75, 3.05) is 49.6 Å². The van der Waals surface area contributed by atoms with Gasteiger partial charge < -0.3 is 20.7 Å². The van der Waals surface area contributed by atoms with Crippen LogP contribution in [0.2, 0.25) is 0 Å². The quantitative estimate of drug-likeness (QED) is 0.650. The summed E-state index contributed by atoms with van der Waals surface area (Å²) in [5.41, 5.74) is 5.89. The van der Waals surface area contributed by atoms with E-state index in [4.69, 9.17) is 10.5 Å². The van der Waals surface area contributed by atoms with Gasteiger partial charge in [-0.2, -0.15) is 0 Å². The number of ether oxygens (including phenoxy) is 1. The van der Waals surface area contributed by atoms with E-state index in [0.717, 1.165) is 0 Å². The Balaban J connectivity index is 2.22. The zero-order valence-corrected chi connectivity index (χ0v) is 17.2. The molecule has 0 aliphatic carbocycles. The van der Waals surface area contributed by atoms with E-state index in [1.165, 1.54) is 23.1 Å². The van der Waals surface area contributed by atoms with E-state index >= 15 is 0 Å². The number of nitrogens with two attached hydrogens (primary N) is 1. The Hall–Kier alpha value is -2.10. The summed E-state index contributed by atoms with van der Waals surface area (Å²) in [4.78, 5) is 28.0. The number of hydrogen-bond acceptors (Lipinski definition) is 5. The molecule has 9 heteroatoms. The van der Waals surface area contributed by atoms with Crippen LogP contribution in [0.15, 0.2) is 18.2 Å². The van der Waals surface area contributed by atoms with Gasteiger partial charge >= 0.3 is 0 Å². The molecule has 29 heavy (non-hydrogen) atoms. The Morgan fingerprint density at radius 2 is 2.10 bits per heavy atom. The van der Waals surface area contributed by atoms with Crippen molar-refractivity contribution >= 4 is 23.2 Å². The summed E-state index contributed by atoms with van der Waals surface area (Å²) < 4.78 is 32.4. The lowest BCUT2D eigenvalue weighted by molar-refractivity contribution is -0.125. The molecule has 2 amide bonds. The second-order valence-electron chi connectivity index (χ2n) is 7.39. The lowest BCUT2D eigenvalue weighted by Crippen LogP contribution is -2.49. The fourth-order valence-electron chi connectivity index (χ4n) is 3.42. The Labute approximate surface area is 170 Å². The average Bonchev–Trinajstić information content (AvgIpc) is 2.68. The lowest BCUT2D eigenvalue weighted by atomic mass is 10.1. The van der Waals surface area contributed by atoms with Crippen molar-refractivity contribution in [2.45, 2.75) is 33.2 Å². The van der Waals surface area contributed by atoms with Gasteiger partial charge in [-0.3, -0.25) is 14.5 Å². The minimum atomic E-state index is -2.80. The molecule has 0 radical (unpaired) electrons. The van der Waals surface area contributed by atoms with Crippen LogP contribution in [-0.2, 0) is 14.3 Å². The first-order valence-corrected chi connectivity index (χ1v) is 9.83. The molecular weight excluding hydrogens is 382 g/mol. The van der Waals surface area contributed by atoms with Gasteiger partial charge in [0, 0.05) is 30.9 Å². The number of rotatable bonds is 9. The number of morpholine rings is 1. The third-order valence-corrected chi connectivity index (χ3v) is 4.78.